The summed E-state index contributed by atoms with van der Waals surface area (Å²) < 4.78 is 0. The predicted molar refractivity (Wildman–Crippen MR) is 77.1 cm³/mol. The van der Waals surface area contributed by atoms with Crippen molar-refractivity contribution in [1.29, 1.82) is 0 Å². The second-order valence-electron chi connectivity index (χ2n) is 4.64. The van der Waals surface area contributed by atoms with E-state index < -0.39 is 0 Å². The molecule has 0 unspecified atom stereocenters. The van der Waals surface area contributed by atoms with Crippen LogP contribution in [0, 0.1) is 0 Å². The number of nitrogens with one attached hydrogen (secondary N) is 2. The van der Waals surface area contributed by atoms with Crippen LogP contribution in [0.25, 0.3) is 0 Å². The maximum atomic E-state index is 4.54. The number of hydrogen-bond donors (Lipinski definition) is 2. The highest BCUT2D eigenvalue weighted by Gasteiger charge is 2.15. The van der Waals surface area contributed by atoms with Gasteiger partial charge in [0, 0.05) is 18.5 Å². The fraction of sp³-hybridized carbons (Fsp3) is 0.692. The Morgan fingerprint density at radius 1 is 1.50 bits per heavy atom. The summed E-state index contributed by atoms with van der Waals surface area (Å²) in [6, 6.07) is 0.595. The molecule has 1 aliphatic rings. The van der Waals surface area contributed by atoms with Crippen LogP contribution in [0.2, 0.25) is 0 Å². The lowest BCUT2D eigenvalue weighted by atomic mass is 10.2. The molecule has 1 aliphatic carbocycles. The minimum atomic E-state index is 0.595. The highest BCUT2D eigenvalue weighted by molar-refractivity contribution is 7.09. The highest BCUT2D eigenvalue weighted by atomic mass is 32.1. The van der Waals surface area contributed by atoms with E-state index in [9.17, 15) is 0 Å². The number of rotatable bonds is 4. The van der Waals surface area contributed by atoms with Crippen LogP contribution in [0.3, 0.4) is 0 Å². The van der Waals surface area contributed by atoms with E-state index in [1.807, 2.05) is 7.05 Å². The SMILES string of the molecule is CCc1nc(CNC(=NC)NC2CCCC2)cs1. The van der Waals surface area contributed by atoms with Crippen LogP contribution >= 0.6 is 11.3 Å². The van der Waals surface area contributed by atoms with E-state index in [2.05, 4.69) is 32.9 Å². The molecule has 1 fully saturated rings. The zero-order valence-electron chi connectivity index (χ0n) is 11.2. The number of aromatic nitrogens is 1. The van der Waals surface area contributed by atoms with Crippen LogP contribution in [-0.4, -0.2) is 24.0 Å². The summed E-state index contributed by atoms with van der Waals surface area (Å²) in [5.41, 5.74) is 1.10. The van der Waals surface area contributed by atoms with Gasteiger partial charge in [0.25, 0.3) is 0 Å². The van der Waals surface area contributed by atoms with E-state index in [1.54, 1.807) is 11.3 Å². The number of aliphatic imine (C=N–C) groups is 1. The van der Waals surface area contributed by atoms with Crippen molar-refractivity contribution < 1.29 is 0 Å². The smallest absolute Gasteiger partial charge is 0.191 e. The number of hydrogen-bond acceptors (Lipinski definition) is 3. The fourth-order valence-electron chi connectivity index (χ4n) is 2.22. The van der Waals surface area contributed by atoms with E-state index in [1.165, 1.54) is 30.7 Å². The molecule has 5 heteroatoms. The van der Waals surface area contributed by atoms with E-state index >= 15 is 0 Å². The highest BCUT2D eigenvalue weighted by Crippen LogP contribution is 2.17. The van der Waals surface area contributed by atoms with Crippen LogP contribution < -0.4 is 10.6 Å². The van der Waals surface area contributed by atoms with Gasteiger partial charge < -0.3 is 10.6 Å². The molecule has 18 heavy (non-hydrogen) atoms. The second-order valence-corrected chi connectivity index (χ2v) is 5.58. The van der Waals surface area contributed by atoms with Crippen molar-refractivity contribution in [3.05, 3.63) is 16.1 Å². The van der Waals surface area contributed by atoms with Crippen molar-refractivity contribution in [2.45, 2.75) is 51.6 Å². The normalized spacial score (nSPS) is 17.1. The minimum absolute atomic E-state index is 0.595. The largest absolute Gasteiger partial charge is 0.354 e. The standard InChI is InChI=1S/C13H22N4S/c1-3-12-16-11(9-18-12)8-15-13(14-2)17-10-6-4-5-7-10/h9-10H,3-8H2,1-2H3,(H2,14,15,17). The first-order valence-corrected chi connectivity index (χ1v) is 7.60. The lowest BCUT2D eigenvalue weighted by Gasteiger charge is -2.16. The molecule has 0 bridgehead atoms. The van der Waals surface area contributed by atoms with Gasteiger partial charge in [-0.05, 0) is 19.3 Å². The average Bonchev–Trinajstić information content (AvgIpc) is 3.05. The van der Waals surface area contributed by atoms with Gasteiger partial charge in [-0.3, -0.25) is 4.99 Å². The first-order valence-electron chi connectivity index (χ1n) is 6.72. The third kappa shape index (κ3) is 3.70. The summed E-state index contributed by atoms with van der Waals surface area (Å²) in [6.07, 6.45) is 6.20. The van der Waals surface area contributed by atoms with Crippen LogP contribution in [0.5, 0.6) is 0 Å². The zero-order chi connectivity index (χ0) is 12.8. The van der Waals surface area contributed by atoms with Gasteiger partial charge in [-0.25, -0.2) is 4.98 Å². The Kier molecular flexibility index (Phi) is 4.99. The van der Waals surface area contributed by atoms with E-state index in [0.717, 1.165) is 24.6 Å². The van der Waals surface area contributed by atoms with Crippen LogP contribution in [0.4, 0.5) is 0 Å². The molecule has 1 aromatic rings. The molecule has 0 aromatic carbocycles. The Labute approximate surface area is 113 Å². The first kappa shape index (κ1) is 13.3. The Morgan fingerprint density at radius 3 is 2.89 bits per heavy atom. The third-order valence-corrected chi connectivity index (χ3v) is 4.30. The quantitative estimate of drug-likeness (QED) is 0.649. The van der Waals surface area contributed by atoms with Crippen LogP contribution in [0.1, 0.15) is 43.3 Å². The summed E-state index contributed by atoms with van der Waals surface area (Å²) in [4.78, 5) is 8.80. The lowest BCUT2D eigenvalue weighted by molar-refractivity contribution is 0.612. The monoisotopic (exact) mass is 266 g/mol. The Morgan fingerprint density at radius 2 is 2.28 bits per heavy atom. The third-order valence-electron chi connectivity index (χ3n) is 3.26. The Bertz CT molecular complexity index is 393. The molecule has 0 radical (unpaired) electrons. The van der Waals surface area contributed by atoms with Crippen LogP contribution in [0.15, 0.2) is 10.4 Å². The molecule has 0 saturated heterocycles. The van der Waals surface area contributed by atoms with Crippen molar-refractivity contribution in [1.82, 2.24) is 15.6 Å². The predicted octanol–water partition coefficient (Wildman–Crippen LogP) is 2.31. The molecule has 0 atom stereocenters. The van der Waals surface area contributed by atoms with Gasteiger partial charge >= 0.3 is 0 Å². The molecule has 2 N–H and O–H groups in total. The molecular formula is C13H22N4S. The van der Waals surface area contributed by atoms with Crippen molar-refractivity contribution >= 4 is 17.3 Å². The molecule has 1 saturated carbocycles. The fourth-order valence-corrected chi connectivity index (χ4v) is 2.97. The number of nitrogens with zero attached hydrogens (tertiary/aromatic N) is 2. The van der Waals surface area contributed by atoms with Gasteiger partial charge in [0.1, 0.15) is 0 Å². The summed E-state index contributed by atoms with van der Waals surface area (Å²) >= 11 is 1.73. The maximum Gasteiger partial charge on any atom is 0.191 e. The molecular weight excluding hydrogens is 244 g/mol. The Hall–Kier alpha value is -1.10. The molecule has 4 nitrogen and oxygen atoms in total. The number of aryl methyl sites for hydroxylation is 1. The lowest BCUT2D eigenvalue weighted by Crippen LogP contribution is -2.41. The maximum absolute atomic E-state index is 4.54. The van der Waals surface area contributed by atoms with E-state index in [-0.39, 0.29) is 0 Å². The zero-order valence-corrected chi connectivity index (χ0v) is 12.0. The number of guanidine groups is 1. The summed E-state index contributed by atoms with van der Waals surface area (Å²) in [5, 5.41) is 10.1. The topological polar surface area (TPSA) is 49.3 Å². The number of thiazole rings is 1. The van der Waals surface area contributed by atoms with Gasteiger partial charge in [0.15, 0.2) is 5.96 Å². The van der Waals surface area contributed by atoms with Gasteiger partial charge in [0.05, 0.1) is 17.2 Å². The molecule has 100 valence electrons. The second kappa shape index (κ2) is 6.73. The van der Waals surface area contributed by atoms with E-state index in [4.69, 9.17) is 0 Å². The molecule has 0 amide bonds. The van der Waals surface area contributed by atoms with Crippen molar-refractivity contribution in [3.63, 3.8) is 0 Å². The molecule has 1 aromatic heterocycles. The van der Waals surface area contributed by atoms with Crippen molar-refractivity contribution in [2.24, 2.45) is 4.99 Å². The van der Waals surface area contributed by atoms with Crippen LogP contribution in [-0.2, 0) is 13.0 Å². The summed E-state index contributed by atoms with van der Waals surface area (Å²) in [5.74, 6) is 0.896. The minimum Gasteiger partial charge on any atom is -0.354 e. The summed E-state index contributed by atoms with van der Waals surface area (Å²) in [7, 11) is 1.82. The van der Waals surface area contributed by atoms with Crippen molar-refractivity contribution in [2.75, 3.05) is 7.05 Å². The van der Waals surface area contributed by atoms with Gasteiger partial charge in [-0.1, -0.05) is 19.8 Å². The molecule has 2 rings (SSSR count). The van der Waals surface area contributed by atoms with Gasteiger partial charge in [0.2, 0.25) is 0 Å². The molecule has 0 spiro atoms. The van der Waals surface area contributed by atoms with E-state index in [0.29, 0.717) is 6.04 Å². The van der Waals surface area contributed by atoms with Gasteiger partial charge in [-0.15, -0.1) is 11.3 Å². The molecule has 0 aliphatic heterocycles. The van der Waals surface area contributed by atoms with Crippen molar-refractivity contribution in [3.8, 4) is 0 Å². The molecule has 1 heterocycles. The van der Waals surface area contributed by atoms with Gasteiger partial charge in [-0.2, -0.15) is 0 Å². The first-order chi connectivity index (χ1) is 8.81. The average molecular weight is 266 g/mol. The summed E-state index contributed by atoms with van der Waals surface area (Å²) in [6.45, 7) is 2.89. The Balaban J connectivity index is 1.79.